The zero-order valence-electron chi connectivity index (χ0n) is 10.7. The van der Waals surface area contributed by atoms with Crippen LogP contribution >= 0.6 is 11.8 Å². The highest BCUT2D eigenvalue weighted by molar-refractivity contribution is 8.00. The first-order chi connectivity index (χ1) is 7.95. The van der Waals surface area contributed by atoms with Gasteiger partial charge in [-0.2, -0.15) is 0 Å². The Labute approximate surface area is 107 Å². The van der Waals surface area contributed by atoms with E-state index in [1.165, 1.54) is 7.11 Å². The van der Waals surface area contributed by atoms with Gasteiger partial charge in [0.05, 0.1) is 12.7 Å². The average Bonchev–Trinajstić information content (AvgIpc) is 2.30. The van der Waals surface area contributed by atoms with Gasteiger partial charge < -0.3 is 10.5 Å². The molecule has 1 aromatic rings. The first kappa shape index (κ1) is 13.9. The van der Waals surface area contributed by atoms with Crippen LogP contribution in [0.1, 0.15) is 31.1 Å². The summed E-state index contributed by atoms with van der Waals surface area (Å²) in [4.78, 5) is 12.4. The first-order valence-electron chi connectivity index (χ1n) is 5.60. The van der Waals surface area contributed by atoms with E-state index >= 15 is 0 Å². The highest BCUT2D eigenvalue weighted by Gasteiger charge is 2.13. The molecule has 1 atom stereocenters. The van der Waals surface area contributed by atoms with E-state index in [0.29, 0.717) is 22.4 Å². The summed E-state index contributed by atoms with van der Waals surface area (Å²) in [5.74, 6) is 0.227. The third-order valence-electron chi connectivity index (χ3n) is 2.69. The Balaban J connectivity index is 2.94. The minimum atomic E-state index is -0.330. The Bertz CT molecular complexity index is 404. The molecule has 17 heavy (non-hydrogen) atoms. The van der Waals surface area contributed by atoms with Crippen molar-refractivity contribution in [3.05, 3.63) is 23.8 Å². The van der Waals surface area contributed by atoms with Crippen LogP contribution in [0.15, 0.2) is 23.1 Å². The first-order valence-corrected chi connectivity index (χ1v) is 6.48. The summed E-state index contributed by atoms with van der Waals surface area (Å²) < 4.78 is 4.69. The van der Waals surface area contributed by atoms with Crippen LogP contribution in [0.5, 0.6) is 0 Å². The predicted octanol–water partition coefficient (Wildman–Crippen LogP) is 3.19. The molecule has 0 heterocycles. The Morgan fingerprint density at radius 1 is 1.35 bits per heavy atom. The van der Waals surface area contributed by atoms with Crippen LogP contribution in [0.25, 0.3) is 0 Å². The van der Waals surface area contributed by atoms with Gasteiger partial charge in [-0.05, 0) is 24.1 Å². The Hall–Kier alpha value is -1.16. The van der Waals surface area contributed by atoms with Crippen LogP contribution in [-0.2, 0) is 4.74 Å². The molecule has 0 saturated heterocycles. The second-order valence-corrected chi connectivity index (χ2v) is 5.73. The van der Waals surface area contributed by atoms with E-state index in [2.05, 4.69) is 20.8 Å². The van der Waals surface area contributed by atoms with Crippen LogP contribution in [0.4, 0.5) is 5.69 Å². The van der Waals surface area contributed by atoms with Crippen molar-refractivity contribution in [3.8, 4) is 0 Å². The number of carbonyl (C=O) groups excluding carboxylic acids is 1. The van der Waals surface area contributed by atoms with E-state index in [-0.39, 0.29) is 5.97 Å². The van der Waals surface area contributed by atoms with Crippen molar-refractivity contribution in [2.75, 3.05) is 12.8 Å². The zero-order chi connectivity index (χ0) is 13.0. The van der Waals surface area contributed by atoms with Crippen LogP contribution in [0.3, 0.4) is 0 Å². The van der Waals surface area contributed by atoms with Crippen molar-refractivity contribution >= 4 is 23.4 Å². The molecule has 0 aliphatic carbocycles. The molecule has 1 rings (SSSR count). The molecule has 0 aliphatic rings. The second kappa shape index (κ2) is 5.96. The standard InChI is InChI=1S/C13H19NO2S/c1-8(2)9(3)17-12-7-10(13(15)16-4)5-6-11(12)14/h5-9H,14H2,1-4H3. The van der Waals surface area contributed by atoms with Gasteiger partial charge in [-0.25, -0.2) is 4.79 Å². The van der Waals surface area contributed by atoms with E-state index in [1.54, 1.807) is 30.0 Å². The summed E-state index contributed by atoms with van der Waals surface area (Å²) in [6.07, 6.45) is 0. The SMILES string of the molecule is COC(=O)c1ccc(N)c(SC(C)C(C)C)c1. The Morgan fingerprint density at radius 3 is 2.53 bits per heavy atom. The number of esters is 1. The summed E-state index contributed by atoms with van der Waals surface area (Å²) in [6.45, 7) is 6.48. The number of benzene rings is 1. The third kappa shape index (κ3) is 3.66. The van der Waals surface area contributed by atoms with Crippen molar-refractivity contribution in [3.63, 3.8) is 0 Å². The molecule has 94 valence electrons. The van der Waals surface area contributed by atoms with Gasteiger partial charge in [0.25, 0.3) is 0 Å². The van der Waals surface area contributed by atoms with Crippen molar-refractivity contribution < 1.29 is 9.53 Å². The topological polar surface area (TPSA) is 52.3 Å². The molecule has 2 N–H and O–H groups in total. The van der Waals surface area contributed by atoms with Gasteiger partial charge in [0, 0.05) is 15.8 Å². The summed E-state index contributed by atoms with van der Waals surface area (Å²) in [5.41, 5.74) is 7.15. The highest BCUT2D eigenvalue weighted by Crippen LogP contribution is 2.32. The van der Waals surface area contributed by atoms with E-state index < -0.39 is 0 Å². The molecule has 0 aliphatic heterocycles. The summed E-state index contributed by atoms with van der Waals surface area (Å²) >= 11 is 1.69. The van der Waals surface area contributed by atoms with E-state index in [0.717, 1.165) is 4.90 Å². The molecule has 3 nitrogen and oxygen atoms in total. The lowest BCUT2D eigenvalue weighted by atomic mass is 10.2. The average molecular weight is 253 g/mol. The number of ether oxygens (including phenoxy) is 1. The van der Waals surface area contributed by atoms with Crippen molar-refractivity contribution in [2.45, 2.75) is 30.9 Å². The maximum absolute atomic E-state index is 11.4. The van der Waals surface area contributed by atoms with Crippen molar-refractivity contribution in [1.82, 2.24) is 0 Å². The third-order valence-corrected chi connectivity index (χ3v) is 4.21. The molecular weight excluding hydrogens is 234 g/mol. The van der Waals surface area contributed by atoms with E-state index in [4.69, 9.17) is 10.5 Å². The number of nitrogen functional groups attached to an aromatic ring is 1. The lowest BCUT2D eigenvalue weighted by Gasteiger charge is -2.16. The molecule has 1 aromatic carbocycles. The fourth-order valence-corrected chi connectivity index (χ4v) is 2.29. The molecule has 0 bridgehead atoms. The number of methoxy groups -OCH3 is 1. The van der Waals surface area contributed by atoms with Gasteiger partial charge >= 0.3 is 5.97 Å². The summed E-state index contributed by atoms with van der Waals surface area (Å²) in [6, 6.07) is 5.23. The molecule has 1 unspecified atom stereocenters. The molecule has 0 saturated carbocycles. The number of hydrogen-bond donors (Lipinski definition) is 1. The lowest BCUT2D eigenvalue weighted by molar-refractivity contribution is 0.0600. The van der Waals surface area contributed by atoms with E-state index in [9.17, 15) is 4.79 Å². The van der Waals surface area contributed by atoms with Crippen LogP contribution < -0.4 is 5.73 Å². The fourth-order valence-electron chi connectivity index (χ4n) is 1.22. The van der Waals surface area contributed by atoms with Gasteiger partial charge in [0.2, 0.25) is 0 Å². The van der Waals surface area contributed by atoms with Gasteiger partial charge in [-0.15, -0.1) is 11.8 Å². The van der Waals surface area contributed by atoms with Crippen LogP contribution in [-0.4, -0.2) is 18.3 Å². The van der Waals surface area contributed by atoms with Gasteiger partial charge in [0.15, 0.2) is 0 Å². The predicted molar refractivity (Wildman–Crippen MR) is 72.4 cm³/mol. The normalized spacial score (nSPS) is 12.5. The smallest absolute Gasteiger partial charge is 0.337 e. The quantitative estimate of drug-likeness (QED) is 0.508. The molecular formula is C13H19NO2S. The maximum Gasteiger partial charge on any atom is 0.337 e. The van der Waals surface area contributed by atoms with Gasteiger partial charge in [-0.3, -0.25) is 0 Å². The van der Waals surface area contributed by atoms with Crippen LogP contribution in [0.2, 0.25) is 0 Å². The van der Waals surface area contributed by atoms with Crippen molar-refractivity contribution in [2.24, 2.45) is 5.92 Å². The minimum Gasteiger partial charge on any atom is -0.465 e. The minimum absolute atomic E-state index is 0.330. The highest BCUT2D eigenvalue weighted by atomic mass is 32.2. The van der Waals surface area contributed by atoms with E-state index in [1.807, 2.05) is 0 Å². The number of nitrogens with two attached hydrogens (primary N) is 1. The lowest BCUT2D eigenvalue weighted by Crippen LogP contribution is -2.07. The van der Waals surface area contributed by atoms with Crippen LogP contribution in [0, 0.1) is 5.92 Å². The number of carbonyl (C=O) groups is 1. The fraction of sp³-hybridized carbons (Fsp3) is 0.462. The maximum atomic E-state index is 11.4. The second-order valence-electron chi connectivity index (χ2n) is 4.31. The Kier molecular flexibility index (Phi) is 4.87. The monoisotopic (exact) mass is 253 g/mol. The molecule has 0 radical (unpaired) electrons. The molecule has 0 aromatic heterocycles. The molecule has 0 amide bonds. The van der Waals surface area contributed by atoms with Gasteiger partial charge in [0.1, 0.15) is 0 Å². The number of hydrogen-bond acceptors (Lipinski definition) is 4. The number of rotatable bonds is 4. The molecule has 0 fully saturated rings. The summed E-state index contributed by atoms with van der Waals surface area (Å²) in [7, 11) is 1.38. The summed E-state index contributed by atoms with van der Waals surface area (Å²) in [5, 5.41) is 0.449. The number of thioether (sulfide) groups is 1. The molecule has 4 heteroatoms. The Morgan fingerprint density at radius 2 is 2.00 bits per heavy atom. The largest absolute Gasteiger partial charge is 0.465 e. The number of anilines is 1. The van der Waals surface area contributed by atoms with Gasteiger partial charge in [-0.1, -0.05) is 20.8 Å². The zero-order valence-corrected chi connectivity index (χ0v) is 11.5. The van der Waals surface area contributed by atoms with Crippen molar-refractivity contribution in [1.29, 1.82) is 0 Å². The molecule has 0 spiro atoms.